The van der Waals surface area contributed by atoms with Gasteiger partial charge in [-0.05, 0) is 31.6 Å². The number of rotatable bonds is 6. The lowest BCUT2D eigenvalue weighted by molar-refractivity contribution is 0.357. The summed E-state index contributed by atoms with van der Waals surface area (Å²) in [6.45, 7) is 4.81. The standard InChI is InChI=1S/C14H22N2Si/c1-16(9-10-17-2)8-7-12-11-15-14-6-4-3-5-13(12)14/h3-6,11,15H,7-10,17H2,1-2H3. The van der Waals surface area contributed by atoms with Crippen LogP contribution in [-0.4, -0.2) is 39.5 Å². The van der Waals surface area contributed by atoms with Gasteiger partial charge in [0.1, 0.15) is 0 Å². The van der Waals surface area contributed by atoms with Crippen LogP contribution in [0, 0.1) is 0 Å². The molecule has 1 aromatic heterocycles. The monoisotopic (exact) mass is 246 g/mol. The van der Waals surface area contributed by atoms with Crippen molar-refractivity contribution in [2.45, 2.75) is 19.0 Å². The van der Waals surface area contributed by atoms with Crippen LogP contribution in [0.4, 0.5) is 0 Å². The van der Waals surface area contributed by atoms with Gasteiger partial charge in [-0.3, -0.25) is 0 Å². The van der Waals surface area contributed by atoms with E-state index in [2.05, 4.69) is 53.9 Å². The zero-order chi connectivity index (χ0) is 12.1. The summed E-state index contributed by atoms with van der Waals surface area (Å²) in [6, 6.07) is 9.99. The fraction of sp³-hybridized carbons (Fsp3) is 0.429. The maximum absolute atomic E-state index is 3.34. The highest BCUT2D eigenvalue weighted by Gasteiger charge is 2.04. The number of benzene rings is 1. The van der Waals surface area contributed by atoms with Crippen molar-refractivity contribution in [1.29, 1.82) is 0 Å². The Morgan fingerprint density at radius 3 is 2.88 bits per heavy atom. The molecule has 1 N–H and O–H groups in total. The Morgan fingerprint density at radius 1 is 1.24 bits per heavy atom. The van der Waals surface area contributed by atoms with E-state index in [1.165, 1.54) is 29.1 Å². The normalized spacial score (nSPS) is 12.2. The number of fused-ring (bicyclic) bond motifs is 1. The van der Waals surface area contributed by atoms with Crippen LogP contribution < -0.4 is 0 Å². The van der Waals surface area contributed by atoms with E-state index in [9.17, 15) is 0 Å². The van der Waals surface area contributed by atoms with Gasteiger partial charge < -0.3 is 9.88 Å². The van der Waals surface area contributed by atoms with Crippen molar-refractivity contribution in [2.24, 2.45) is 0 Å². The molecule has 0 atom stereocenters. The van der Waals surface area contributed by atoms with Crippen molar-refractivity contribution >= 4 is 20.4 Å². The van der Waals surface area contributed by atoms with Crippen LogP contribution in [0.3, 0.4) is 0 Å². The molecule has 0 spiro atoms. The van der Waals surface area contributed by atoms with E-state index in [1.807, 2.05) is 0 Å². The van der Waals surface area contributed by atoms with Gasteiger partial charge in [-0.25, -0.2) is 0 Å². The van der Waals surface area contributed by atoms with Gasteiger partial charge in [0.2, 0.25) is 0 Å². The number of nitrogens with zero attached hydrogens (tertiary/aromatic N) is 1. The molecule has 0 saturated carbocycles. The number of H-pyrrole nitrogens is 1. The van der Waals surface area contributed by atoms with Crippen LogP contribution in [-0.2, 0) is 6.42 Å². The summed E-state index contributed by atoms with van der Waals surface area (Å²) < 4.78 is 0. The summed E-state index contributed by atoms with van der Waals surface area (Å²) in [7, 11) is 2.46. The van der Waals surface area contributed by atoms with Gasteiger partial charge in [-0.15, -0.1) is 0 Å². The van der Waals surface area contributed by atoms with Crippen molar-refractivity contribution in [3.63, 3.8) is 0 Å². The molecular weight excluding hydrogens is 224 g/mol. The van der Waals surface area contributed by atoms with Gasteiger partial charge in [0, 0.05) is 33.2 Å². The molecule has 2 nitrogen and oxygen atoms in total. The summed E-state index contributed by atoms with van der Waals surface area (Å²) >= 11 is 0. The highest BCUT2D eigenvalue weighted by atomic mass is 28.2. The van der Waals surface area contributed by atoms with Crippen LogP contribution in [0.2, 0.25) is 12.6 Å². The average Bonchev–Trinajstić information content (AvgIpc) is 2.77. The molecule has 0 fully saturated rings. The maximum atomic E-state index is 3.34. The number of hydrogen-bond acceptors (Lipinski definition) is 1. The van der Waals surface area contributed by atoms with Gasteiger partial charge in [0.05, 0.1) is 0 Å². The molecule has 1 aromatic carbocycles. The van der Waals surface area contributed by atoms with Gasteiger partial charge in [-0.1, -0.05) is 30.8 Å². The smallest absolute Gasteiger partial charge is 0.0456 e. The Labute approximate surface area is 106 Å². The second-order valence-corrected chi connectivity index (χ2v) is 6.47. The third-order valence-electron chi connectivity index (χ3n) is 3.33. The molecule has 2 rings (SSSR count). The molecule has 0 amide bonds. The molecular formula is C14H22N2Si. The molecule has 92 valence electrons. The quantitative estimate of drug-likeness (QED) is 0.775. The molecule has 0 bridgehead atoms. The summed E-state index contributed by atoms with van der Waals surface area (Å²) in [5.74, 6) is 0. The molecule has 0 aliphatic carbocycles. The van der Waals surface area contributed by atoms with Crippen molar-refractivity contribution in [1.82, 2.24) is 9.88 Å². The van der Waals surface area contributed by atoms with E-state index in [0.717, 1.165) is 13.0 Å². The number of nitrogens with one attached hydrogen (secondary N) is 1. The van der Waals surface area contributed by atoms with Crippen LogP contribution in [0.15, 0.2) is 30.5 Å². The lowest BCUT2D eigenvalue weighted by Gasteiger charge is -2.15. The molecule has 0 radical (unpaired) electrons. The molecule has 1 heterocycles. The summed E-state index contributed by atoms with van der Waals surface area (Å²) in [6.07, 6.45) is 3.30. The molecule has 0 aliphatic heterocycles. The Kier molecular flexibility index (Phi) is 4.40. The first-order valence-electron chi connectivity index (χ1n) is 6.55. The van der Waals surface area contributed by atoms with E-state index in [1.54, 1.807) is 0 Å². The highest BCUT2D eigenvalue weighted by molar-refractivity contribution is 6.33. The predicted octanol–water partition coefficient (Wildman–Crippen LogP) is 2.28. The van der Waals surface area contributed by atoms with E-state index in [4.69, 9.17) is 0 Å². The number of aromatic nitrogens is 1. The first-order valence-corrected chi connectivity index (χ1v) is 8.96. The Hall–Kier alpha value is -1.06. The van der Waals surface area contributed by atoms with Crippen LogP contribution in [0.1, 0.15) is 5.56 Å². The highest BCUT2D eigenvalue weighted by Crippen LogP contribution is 2.18. The summed E-state index contributed by atoms with van der Waals surface area (Å²) in [4.78, 5) is 5.80. The fourth-order valence-corrected chi connectivity index (χ4v) is 3.05. The van der Waals surface area contributed by atoms with Crippen LogP contribution in [0.5, 0.6) is 0 Å². The molecule has 0 unspecified atom stereocenters. The number of aromatic amines is 1. The SMILES string of the molecule is C[SiH2]CCN(C)CCc1c[nH]c2ccccc12. The van der Waals surface area contributed by atoms with Crippen LogP contribution >= 0.6 is 0 Å². The Balaban J connectivity index is 1.95. The number of likely N-dealkylation sites (N-methyl/N-ethyl adjacent to an activating group) is 1. The first-order chi connectivity index (χ1) is 8.31. The minimum atomic E-state index is 0.221. The lowest BCUT2D eigenvalue weighted by atomic mass is 10.1. The number of para-hydroxylation sites is 1. The topological polar surface area (TPSA) is 19.0 Å². The minimum Gasteiger partial charge on any atom is -0.361 e. The van der Waals surface area contributed by atoms with Gasteiger partial charge in [0.25, 0.3) is 0 Å². The van der Waals surface area contributed by atoms with Crippen molar-refractivity contribution in [2.75, 3.05) is 20.1 Å². The molecule has 3 heteroatoms. The van der Waals surface area contributed by atoms with Crippen molar-refractivity contribution in [3.05, 3.63) is 36.0 Å². The lowest BCUT2D eigenvalue weighted by Crippen LogP contribution is -2.22. The van der Waals surface area contributed by atoms with Crippen molar-refractivity contribution < 1.29 is 0 Å². The molecule has 2 aromatic rings. The third kappa shape index (κ3) is 3.20. The summed E-state index contributed by atoms with van der Waals surface area (Å²) in [5, 5.41) is 1.38. The second kappa shape index (κ2) is 6.03. The van der Waals surface area contributed by atoms with Gasteiger partial charge >= 0.3 is 0 Å². The van der Waals surface area contributed by atoms with Crippen molar-refractivity contribution in [3.8, 4) is 0 Å². The Morgan fingerprint density at radius 2 is 2.06 bits per heavy atom. The van der Waals surface area contributed by atoms with E-state index >= 15 is 0 Å². The molecule has 0 saturated heterocycles. The third-order valence-corrected chi connectivity index (χ3v) is 4.35. The fourth-order valence-electron chi connectivity index (χ4n) is 2.19. The second-order valence-electron chi connectivity index (χ2n) is 4.77. The van der Waals surface area contributed by atoms with E-state index < -0.39 is 0 Å². The first kappa shape index (κ1) is 12.4. The zero-order valence-electron chi connectivity index (χ0n) is 10.9. The molecule has 17 heavy (non-hydrogen) atoms. The largest absolute Gasteiger partial charge is 0.361 e. The van der Waals surface area contributed by atoms with Crippen LogP contribution in [0.25, 0.3) is 10.9 Å². The van der Waals surface area contributed by atoms with E-state index in [0.29, 0.717) is 0 Å². The predicted molar refractivity (Wildman–Crippen MR) is 78.7 cm³/mol. The maximum Gasteiger partial charge on any atom is 0.0456 e. The van der Waals surface area contributed by atoms with Gasteiger partial charge in [-0.2, -0.15) is 0 Å². The average molecular weight is 246 g/mol. The van der Waals surface area contributed by atoms with E-state index in [-0.39, 0.29) is 9.52 Å². The Bertz CT molecular complexity index is 464. The van der Waals surface area contributed by atoms with Gasteiger partial charge in [0.15, 0.2) is 0 Å². The zero-order valence-corrected chi connectivity index (χ0v) is 12.3. The summed E-state index contributed by atoms with van der Waals surface area (Å²) in [5.41, 5.74) is 2.70. The number of hydrogen-bond donors (Lipinski definition) is 1. The minimum absolute atomic E-state index is 0.221. The molecule has 0 aliphatic rings.